The minimum absolute atomic E-state index is 0.216. The first-order chi connectivity index (χ1) is 7.31. The van der Waals surface area contributed by atoms with Gasteiger partial charge in [0.15, 0.2) is 0 Å². The average Bonchev–Trinajstić information content (AvgIpc) is 2.65. The molecule has 1 saturated carbocycles. The van der Waals surface area contributed by atoms with Crippen molar-refractivity contribution < 1.29 is 5.21 Å². The summed E-state index contributed by atoms with van der Waals surface area (Å²) in [6.45, 7) is 0. The molecule has 1 N–H and O–H groups in total. The van der Waals surface area contributed by atoms with Crippen molar-refractivity contribution >= 4 is 17.5 Å². The van der Waals surface area contributed by atoms with Crippen molar-refractivity contribution in [2.24, 2.45) is 12.2 Å². The molecule has 0 aliphatic heterocycles. The van der Waals surface area contributed by atoms with Crippen molar-refractivity contribution in [3.05, 3.63) is 0 Å². The molecule has 6 nitrogen and oxygen atoms in total. The van der Waals surface area contributed by atoms with Gasteiger partial charge >= 0.3 is 0 Å². The van der Waals surface area contributed by atoms with Gasteiger partial charge < -0.3 is 5.21 Å². The highest BCUT2D eigenvalue weighted by molar-refractivity contribution is 8.00. The number of rotatable bonds is 2. The summed E-state index contributed by atoms with van der Waals surface area (Å²) in [7, 11) is 1.81. The summed E-state index contributed by atoms with van der Waals surface area (Å²) in [5.41, 5.74) is 0.856. The molecule has 1 fully saturated rings. The van der Waals surface area contributed by atoms with Crippen LogP contribution in [0.5, 0.6) is 0 Å². The van der Waals surface area contributed by atoms with Crippen LogP contribution in [0.2, 0.25) is 0 Å². The van der Waals surface area contributed by atoms with E-state index in [0.717, 1.165) is 30.1 Å². The fourth-order valence-electron chi connectivity index (χ4n) is 1.65. The first-order valence-corrected chi connectivity index (χ1v) is 5.79. The topological polar surface area (TPSA) is 76.2 Å². The van der Waals surface area contributed by atoms with Crippen molar-refractivity contribution in [3.63, 3.8) is 0 Å². The van der Waals surface area contributed by atoms with Crippen LogP contribution < -0.4 is 0 Å². The van der Waals surface area contributed by atoms with Crippen LogP contribution in [0, 0.1) is 0 Å². The van der Waals surface area contributed by atoms with Gasteiger partial charge in [-0.15, -0.1) is 5.10 Å². The van der Waals surface area contributed by atoms with Crippen LogP contribution in [-0.4, -0.2) is 36.4 Å². The summed E-state index contributed by atoms with van der Waals surface area (Å²) in [6, 6.07) is 0. The lowest BCUT2D eigenvalue weighted by Crippen LogP contribution is -2.22. The number of tetrazole rings is 1. The molecule has 1 unspecified atom stereocenters. The Labute approximate surface area is 91.7 Å². The Kier molecular flexibility index (Phi) is 3.20. The third-order valence-corrected chi connectivity index (χ3v) is 3.83. The molecule has 0 bridgehead atoms. The van der Waals surface area contributed by atoms with Crippen LogP contribution >= 0.6 is 11.8 Å². The number of hydrogen-bond donors (Lipinski definition) is 1. The molecule has 0 radical (unpaired) electrons. The first-order valence-electron chi connectivity index (χ1n) is 4.91. The second-order valence-corrected chi connectivity index (χ2v) is 4.70. The van der Waals surface area contributed by atoms with E-state index in [1.807, 2.05) is 0 Å². The van der Waals surface area contributed by atoms with Gasteiger partial charge in [-0.3, -0.25) is 0 Å². The molecule has 0 spiro atoms. The Bertz CT molecular complexity index is 364. The normalized spacial score (nSPS) is 24.6. The monoisotopic (exact) mass is 227 g/mol. The van der Waals surface area contributed by atoms with E-state index in [0.29, 0.717) is 0 Å². The standard InChI is InChI=1S/C8H13N5OS/c1-13-8(9-11-12-13)15-7-5-3-2-4-6(7)10-14/h7,14H,2-5H2,1H3/b10-6+. The molecule has 1 aromatic rings. The summed E-state index contributed by atoms with van der Waals surface area (Å²) in [5, 5.41) is 24.5. The maximum Gasteiger partial charge on any atom is 0.209 e. The molecule has 1 atom stereocenters. The maximum absolute atomic E-state index is 8.88. The lowest BCUT2D eigenvalue weighted by atomic mass is 9.98. The molecule has 15 heavy (non-hydrogen) atoms. The minimum Gasteiger partial charge on any atom is -0.411 e. The molecule has 1 aliphatic carbocycles. The lowest BCUT2D eigenvalue weighted by Gasteiger charge is -2.21. The zero-order valence-electron chi connectivity index (χ0n) is 8.50. The quantitative estimate of drug-likeness (QED) is 0.604. The second-order valence-electron chi connectivity index (χ2n) is 3.53. The molecule has 2 rings (SSSR count). The van der Waals surface area contributed by atoms with Gasteiger partial charge in [0.1, 0.15) is 0 Å². The first kappa shape index (κ1) is 10.4. The number of aryl methyl sites for hydroxylation is 1. The summed E-state index contributed by atoms with van der Waals surface area (Å²) >= 11 is 1.57. The van der Waals surface area contributed by atoms with E-state index in [1.165, 1.54) is 6.42 Å². The Morgan fingerprint density at radius 2 is 2.40 bits per heavy atom. The molecule has 7 heteroatoms. The largest absolute Gasteiger partial charge is 0.411 e. The van der Waals surface area contributed by atoms with Gasteiger partial charge in [-0.25, -0.2) is 4.68 Å². The van der Waals surface area contributed by atoms with E-state index in [1.54, 1.807) is 23.5 Å². The van der Waals surface area contributed by atoms with Crippen LogP contribution in [0.1, 0.15) is 25.7 Å². The summed E-state index contributed by atoms with van der Waals surface area (Å²) in [4.78, 5) is 0. The van der Waals surface area contributed by atoms with E-state index < -0.39 is 0 Å². The Hall–Kier alpha value is -1.11. The molecule has 0 saturated heterocycles. The molecule has 1 aromatic heterocycles. The highest BCUT2D eigenvalue weighted by Gasteiger charge is 2.23. The predicted octanol–water partition coefficient (Wildman–Crippen LogP) is 1.07. The van der Waals surface area contributed by atoms with Crippen molar-refractivity contribution in [1.29, 1.82) is 0 Å². The van der Waals surface area contributed by atoms with E-state index >= 15 is 0 Å². The van der Waals surface area contributed by atoms with Crippen LogP contribution in [0.3, 0.4) is 0 Å². The molecule has 1 aliphatic rings. The van der Waals surface area contributed by atoms with Gasteiger partial charge in [0.2, 0.25) is 5.16 Å². The van der Waals surface area contributed by atoms with E-state index in [9.17, 15) is 0 Å². The summed E-state index contributed by atoms with van der Waals surface area (Å²) in [6.07, 6.45) is 4.17. The van der Waals surface area contributed by atoms with E-state index in [-0.39, 0.29) is 5.25 Å². The number of thioether (sulfide) groups is 1. The Balaban J connectivity index is 2.07. The summed E-state index contributed by atoms with van der Waals surface area (Å²) < 4.78 is 1.63. The van der Waals surface area contributed by atoms with Gasteiger partial charge in [0, 0.05) is 7.05 Å². The Morgan fingerprint density at radius 1 is 1.53 bits per heavy atom. The fraction of sp³-hybridized carbons (Fsp3) is 0.750. The fourth-order valence-corrected chi connectivity index (χ4v) is 2.77. The zero-order chi connectivity index (χ0) is 10.7. The van der Waals surface area contributed by atoms with Gasteiger partial charge in [-0.2, -0.15) is 0 Å². The Morgan fingerprint density at radius 3 is 3.07 bits per heavy atom. The van der Waals surface area contributed by atoms with Crippen LogP contribution in [0.4, 0.5) is 0 Å². The third kappa shape index (κ3) is 2.28. The van der Waals surface area contributed by atoms with Gasteiger partial charge in [-0.05, 0) is 29.7 Å². The number of aromatic nitrogens is 4. The molecule has 82 valence electrons. The second kappa shape index (κ2) is 4.61. The van der Waals surface area contributed by atoms with Crippen molar-refractivity contribution in [2.45, 2.75) is 36.1 Å². The van der Waals surface area contributed by atoms with Crippen molar-refractivity contribution in [2.75, 3.05) is 0 Å². The SMILES string of the molecule is Cn1nnnc1SC1CCCC/C1=N\O. The molecular formula is C8H13N5OS. The summed E-state index contributed by atoms with van der Waals surface area (Å²) in [5.74, 6) is 0. The van der Waals surface area contributed by atoms with Gasteiger partial charge in [0.25, 0.3) is 0 Å². The van der Waals surface area contributed by atoms with Crippen LogP contribution in [-0.2, 0) is 7.05 Å². The smallest absolute Gasteiger partial charge is 0.209 e. The van der Waals surface area contributed by atoms with Gasteiger partial charge in [-0.1, -0.05) is 23.3 Å². The lowest BCUT2D eigenvalue weighted by molar-refractivity contribution is 0.314. The minimum atomic E-state index is 0.216. The van der Waals surface area contributed by atoms with Crippen LogP contribution in [0.25, 0.3) is 0 Å². The molecule has 1 heterocycles. The zero-order valence-corrected chi connectivity index (χ0v) is 9.31. The number of hydrogen-bond acceptors (Lipinski definition) is 6. The molecule has 0 amide bonds. The number of nitrogens with zero attached hydrogens (tertiary/aromatic N) is 5. The average molecular weight is 227 g/mol. The highest BCUT2D eigenvalue weighted by Crippen LogP contribution is 2.30. The van der Waals surface area contributed by atoms with Crippen LogP contribution in [0.15, 0.2) is 10.3 Å². The van der Waals surface area contributed by atoms with E-state index in [4.69, 9.17) is 5.21 Å². The molecule has 0 aromatic carbocycles. The van der Waals surface area contributed by atoms with Crippen molar-refractivity contribution in [1.82, 2.24) is 20.2 Å². The molecular weight excluding hydrogens is 214 g/mol. The van der Waals surface area contributed by atoms with Gasteiger partial charge in [0.05, 0.1) is 11.0 Å². The van der Waals surface area contributed by atoms with Crippen molar-refractivity contribution in [3.8, 4) is 0 Å². The van der Waals surface area contributed by atoms with E-state index in [2.05, 4.69) is 20.7 Å². The maximum atomic E-state index is 8.88. The predicted molar refractivity (Wildman–Crippen MR) is 56.1 cm³/mol. The third-order valence-electron chi connectivity index (χ3n) is 2.48. The highest BCUT2D eigenvalue weighted by atomic mass is 32.2. The number of oxime groups is 1.